The average Bonchev–Trinajstić information content (AvgIpc) is 2.47. The van der Waals surface area contributed by atoms with Crippen LogP contribution in [0, 0.1) is 0 Å². The van der Waals surface area contributed by atoms with E-state index in [9.17, 15) is 9.18 Å². The van der Waals surface area contributed by atoms with E-state index in [4.69, 9.17) is 4.74 Å². The third-order valence-electron chi connectivity index (χ3n) is 3.54. The second-order valence-electron chi connectivity index (χ2n) is 6.51. The van der Waals surface area contributed by atoms with E-state index < -0.39 is 17.2 Å². The Kier molecular flexibility index (Phi) is 13.3. The molecule has 0 radical (unpaired) electrons. The molecule has 0 heterocycles. The molecule has 0 saturated carbocycles. The van der Waals surface area contributed by atoms with E-state index in [1.165, 1.54) is 0 Å². The number of nitrogens with one attached hydrogen (secondary N) is 3. The molecule has 0 aliphatic rings. The second-order valence-corrected chi connectivity index (χ2v) is 6.51. The minimum Gasteiger partial charge on any atom is -0.444 e. The summed E-state index contributed by atoms with van der Waals surface area (Å²) in [5.74, 6) is 0.593. The van der Waals surface area contributed by atoms with Gasteiger partial charge in [0, 0.05) is 20.1 Å². The van der Waals surface area contributed by atoms with E-state index in [0.717, 1.165) is 12.8 Å². The number of alkyl halides is 1. The number of carbonyl (C=O) groups excluding carboxylic acids is 1. The number of rotatable bonds is 8. The smallest absolute Gasteiger partial charge is 0.408 e. The quantitative estimate of drug-likeness (QED) is 0.225. The molecule has 0 aromatic heterocycles. The van der Waals surface area contributed by atoms with E-state index in [0.29, 0.717) is 25.5 Å². The lowest BCUT2D eigenvalue weighted by atomic mass is 9.93. The molecule has 0 aromatic carbocycles. The van der Waals surface area contributed by atoms with Crippen molar-refractivity contribution in [3.63, 3.8) is 0 Å². The molecule has 24 heavy (non-hydrogen) atoms. The SMILES string of the molecule is CCC(CC)(CNC(=NC)NCCCF)NC(=O)OC(C)(C)C.I. The van der Waals surface area contributed by atoms with Gasteiger partial charge in [0.25, 0.3) is 0 Å². The first kappa shape index (κ1) is 25.4. The first-order valence-electron chi connectivity index (χ1n) is 8.23. The number of guanidine groups is 1. The van der Waals surface area contributed by atoms with Crippen molar-refractivity contribution in [1.29, 1.82) is 0 Å². The summed E-state index contributed by atoms with van der Waals surface area (Å²) in [7, 11) is 1.66. The molecular weight excluding hydrogens is 426 g/mol. The summed E-state index contributed by atoms with van der Waals surface area (Å²) < 4.78 is 17.5. The summed E-state index contributed by atoms with van der Waals surface area (Å²) >= 11 is 0. The zero-order chi connectivity index (χ0) is 17.9. The zero-order valence-electron chi connectivity index (χ0n) is 15.8. The molecule has 0 aliphatic carbocycles. The minimum absolute atomic E-state index is 0. The maximum atomic E-state index is 12.1. The Morgan fingerprint density at radius 1 is 1.17 bits per heavy atom. The van der Waals surface area contributed by atoms with Gasteiger partial charge in [-0.15, -0.1) is 24.0 Å². The summed E-state index contributed by atoms with van der Waals surface area (Å²) in [5, 5.41) is 9.19. The molecule has 0 fully saturated rings. The van der Waals surface area contributed by atoms with Crippen molar-refractivity contribution < 1.29 is 13.9 Å². The standard InChI is InChI=1S/C16H33FN4O2.HI/c1-7-16(8-2,21-14(22)23-15(3,4)5)12-20-13(18-6)19-11-9-10-17;/h7-12H2,1-6H3,(H,21,22)(H2,18,19,20);1H. The number of ether oxygens (including phenoxy) is 1. The van der Waals surface area contributed by atoms with Crippen LogP contribution in [0.15, 0.2) is 4.99 Å². The Morgan fingerprint density at radius 3 is 2.17 bits per heavy atom. The maximum Gasteiger partial charge on any atom is 0.408 e. The highest BCUT2D eigenvalue weighted by Crippen LogP contribution is 2.16. The normalized spacial score (nSPS) is 12.2. The monoisotopic (exact) mass is 460 g/mol. The second kappa shape index (κ2) is 12.5. The Morgan fingerprint density at radius 2 is 1.75 bits per heavy atom. The van der Waals surface area contributed by atoms with Crippen LogP contribution in [0.25, 0.3) is 0 Å². The Bertz CT molecular complexity index is 383. The molecule has 0 spiro atoms. The number of hydrogen-bond acceptors (Lipinski definition) is 3. The fourth-order valence-corrected chi connectivity index (χ4v) is 1.99. The molecule has 144 valence electrons. The fourth-order valence-electron chi connectivity index (χ4n) is 1.99. The first-order valence-corrected chi connectivity index (χ1v) is 8.23. The van der Waals surface area contributed by atoms with Gasteiger partial charge < -0.3 is 20.7 Å². The van der Waals surface area contributed by atoms with E-state index >= 15 is 0 Å². The van der Waals surface area contributed by atoms with Gasteiger partial charge in [-0.25, -0.2) is 4.79 Å². The molecule has 0 bridgehead atoms. The number of nitrogens with zero attached hydrogens (tertiary/aromatic N) is 1. The predicted molar refractivity (Wildman–Crippen MR) is 108 cm³/mol. The molecule has 1 amide bonds. The molecular formula is C16H34FIN4O2. The van der Waals surface area contributed by atoms with Gasteiger partial charge in [-0.1, -0.05) is 13.8 Å². The third-order valence-corrected chi connectivity index (χ3v) is 3.54. The molecule has 6 nitrogen and oxygen atoms in total. The maximum absolute atomic E-state index is 12.1. The van der Waals surface area contributed by atoms with Crippen LogP contribution >= 0.6 is 24.0 Å². The lowest BCUT2D eigenvalue weighted by Gasteiger charge is -2.34. The van der Waals surface area contributed by atoms with Gasteiger partial charge in [-0.05, 0) is 40.0 Å². The van der Waals surface area contributed by atoms with Crippen LogP contribution in [0.2, 0.25) is 0 Å². The Hall–Kier alpha value is -0.800. The Labute approximate surface area is 162 Å². The number of alkyl carbamates (subject to hydrolysis) is 1. The van der Waals surface area contributed by atoms with Crippen molar-refractivity contribution in [2.45, 2.75) is 65.0 Å². The summed E-state index contributed by atoms with van der Waals surface area (Å²) in [4.78, 5) is 16.2. The van der Waals surface area contributed by atoms with Crippen molar-refractivity contribution >= 4 is 36.0 Å². The molecule has 0 saturated heterocycles. The highest BCUT2D eigenvalue weighted by atomic mass is 127. The summed E-state index contributed by atoms with van der Waals surface area (Å²) in [6.45, 7) is 10.2. The van der Waals surface area contributed by atoms with Gasteiger partial charge in [0.05, 0.1) is 12.2 Å². The van der Waals surface area contributed by atoms with Crippen LogP contribution in [0.5, 0.6) is 0 Å². The van der Waals surface area contributed by atoms with E-state index in [1.807, 2.05) is 34.6 Å². The highest BCUT2D eigenvalue weighted by molar-refractivity contribution is 14.0. The molecule has 0 unspecified atom stereocenters. The highest BCUT2D eigenvalue weighted by Gasteiger charge is 2.30. The van der Waals surface area contributed by atoms with Crippen molar-refractivity contribution in [1.82, 2.24) is 16.0 Å². The van der Waals surface area contributed by atoms with Crippen LogP contribution in [0.1, 0.15) is 53.9 Å². The first-order chi connectivity index (χ1) is 10.7. The van der Waals surface area contributed by atoms with Crippen molar-refractivity contribution in [3.05, 3.63) is 0 Å². The molecule has 0 atom stereocenters. The molecule has 0 aromatic rings. The van der Waals surface area contributed by atoms with E-state index in [2.05, 4.69) is 20.9 Å². The van der Waals surface area contributed by atoms with Gasteiger partial charge in [-0.2, -0.15) is 0 Å². The summed E-state index contributed by atoms with van der Waals surface area (Å²) in [5.41, 5.74) is -0.964. The third kappa shape index (κ3) is 10.9. The number of halogens is 2. The van der Waals surface area contributed by atoms with Crippen LogP contribution in [0.3, 0.4) is 0 Å². The molecule has 0 rings (SSSR count). The van der Waals surface area contributed by atoms with Gasteiger partial charge in [0.15, 0.2) is 5.96 Å². The number of aliphatic imine (C=N–C) groups is 1. The fraction of sp³-hybridized carbons (Fsp3) is 0.875. The van der Waals surface area contributed by atoms with Gasteiger partial charge >= 0.3 is 6.09 Å². The lowest BCUT2D eigenvalue weighted by Crippen LogP contribution is -2.57. The average molecular weight is 460 g/mol. The largest absolute Gasteiger partial charge is 0.444 e. The number of carbonyl (C=O) groups is 1. The predicted octanol–water partition coefficient (Wildman–Crippen LogP) is 3.21. The zero-order valence-corrected chi connectivity index (χ0v) is 18.1. The molecule has 3 N–H and O–H groups in total. The molecule has 8 heteroatoms. The minimum atomic E-state index is -0.533. The van der Waals surface area contributed by atoms with Crippen molar-refractivity contribution in [2.75, 3.05) is 26.8 Å². The van der Waals surface area contributed by atoms with Crippen LogP contribution in [-0.2, 0) is 4.74 Å². The van der Waals surface area contributed by atoms with E-state index in [-0.39, 0.29) is 30.7 Å². The van der Waals surface area contributed by atoms with Crippen molar-refractivity contribution in [2.24, 2.45) is 4.99 Å². The molecule has 0 aliphatic heterocycles. The number of hydrogen-bond donors (Lipinski definition) is 3. The summed E-state index contributed by atoms with van der Waals surface area (Å²) in [6, 6.07) is 0. The lowest BCUT2D eigenvalue weighted by molar-refractivity contribution is 0.0448. The van der Waals surface area contributed by atoms with E-state index in [1.54, 1.807) is 7.05 Å². The van der Waals surface area contributed by atoms with Gasteiger partial charge in [-0.3, -0.25) is 9.38 Å². The van der Waals surface area contributed by atoms with Crippen LogP contribution in [-0.4, -0.2) is 50.0 Å². The van der Waals surface area contributed by atoms with Gasteiger partial charge in [0.1, 0.15) is 5.60 Å². The van der Waals surface area contributed by atoms with Crippen LogP contribution < -0.4 is 16.0 Å². The van der Waals surface area contributed by atoms with Gasteiger partial charge in [0.2, 0.25) is 0 Å². The number of amides is 1. The van der Waals surface area contributed by atoms with Crippen LogP contribution in [0.4, 0.5) is 9.18 Å². The van der Waals surface area contributed by atoms with Crippen molar-refractivity contribution in [3.8, 4) is 0 Å². The Balaban J connectivity index is 0. The topological polar surface area (TPSA) is 74.8 Å². The summed E-state index contributed by atoms with van der Waals surface area (Å²) in [6.07, 6.45) is 1.50.